The zero-order valence-electron chi connectivity index (χ0n) is 11.6. The third-order valence-corrected chi connectivity index (χ3v) is 4.48. The lowest BCUT2D eigenvalue weighted by Gasteiger charge is -2.34. The van der Waals surface area contributed by atoms with Crippen LogP contribution in [0.15, 0.2) is 23.8 Å². The third kappa shape index (κ3) is 2.93. The minimum atomic E-state index is -0.0384. The molecule has 110 valence electrons. The summed E-state index contributed by atoms with van der Waals surface area (Å²) < 4.78 is 0. The molecule has 6 nitrogen and oxygen atoms in total. The van der Waals surface area contributed by atoms with E-state index < -0.39 is 0 Å². The maximum absolute atomic E-state index is 12.6. The molecule has 0 radical (unpaired) electrons. The van der Waals surface area contributed by atoms with Crippen molar-refractivity contribution in [2.24, 2.45) is 5.73 Å². The zero-order chi connectivity index (χ0) is 14.7. The molecule has 1 aliphatic rings. The van der Waals surface area contributed by atoms with E-state index in [9.17, 15) is 4.79 Å². The van der Waals surface area contributed by atoms with Crippen molar-refractivity contribution < 1.29 is 4.79 Å². The van der Waals surface area contributed by atoms with Gasteiger partial charge in [0, 0.05) is 36.9 Å². The summed E-state index contributed by atoms with van der Waals surface area (Å²) in [6.07, 6.45) is 6.47. The van der Waals surface area contributed by atoms with Crippen LogP contribution in [-0.2, 0) is 0 Å². The Morgan fingerprint density at radius 3 is 2.95 bits per heavy atom. The molecule has 1 saturated heterocycles. The Morgan fingerprint density at radius 2 is 2.19 bits per heavy atom. The minimum Gasteiger partial charge on any atom is -0.333 e. The molecule has 0 unspecified atom stereocenters. The van der Waals surface area contributed by atoms with Crippen molar-refractivity contribution in [3.05, 3.63) is 29.5 Å². The number of nitrogens with zero attached hydrogens (tertiary/aromatic N) is 4. The van der Waals surface area contributed by atoms with E-state index in [1.165, 1.54) is 11.3 Å². The SMILES string of the molecule is NC[C@H]1CCCCN1C(=O)c1csc(-c2ncccn2)n1. The van der Waals surface area contributed by atoms with Crippen LogP contribution in [0.4, 0.5) is 0 Å². The van der Waals surface area contributed by atoms with E-state index in [0.717, 1.165) is 25.8 Å². The predicted octanol–water partition coefficient (Wildman–Crippen LogP) is 1.55. The van der Waals surface area contributed by atoms with Crippen molar-refractivity contribution in [2.45, 2.75) is 25.3 Å². The fourth-order valence-corrected chi connectivity index (χ4v) is 3.28. The quantitative estimate of drug-likeness (QED) is 0.930. The molecule has 3 heterocycles. The summed E-state index contributed by atoms with van der Waals surface area (Å²) in [7, 11) is 0. The summed E-state index contributed by atoms with van der Waals surface area (Å²) in [5.74, 6) is 0.513. The molecule has 21 heavy (non-hydrogen) atoms. The van der Waals surface area contributed by atoms with Gasteiger partial charge in [-0.05, 0) is 25.3 Å². The average molecular weight is 303 g/mol. The Hall–Kier alpha value is -1.86. The predicted molar refractivity (Wildman–Crippen MR) is 80.9 cm³/mol. The lowest BCUT2D eigenvalue weighted by Crippen LogP contribution is -2.47. The number of nitrogens with two attached hydrogens (primary N) is 1. The molecule has 1 amide bonds. The smallest absolute Gasteiger partial charge is 0.273 e. The van der Waals surface area contributed by atoms with Crippen LogP contribution in [0.5, 0.6) is 0 Å². The zero-order valence-corrected chi connectivity index (χ0v) is 12.4. The number of aromatic nitrogens is 3. The molecule has 2 N–H and O–H groups in total. The van der Waals surface area contributed by atoms with Gasteiger partial charge >= 0.3 is 0 Å². The Kier molecular flexibility index (Phi) is 4.21. The van der Waals surface area contributed by atoms with Gasteiger partial charge in [-0.25, -0.2) is 15.0 Å². The maximum Gasteiger partial charge on any atom is 0.273 e. The molecule has 2 aromatic heterocycles. The standard InChI is InChI=1S/C14H17N5OS/c15-8-10-4-1-2-7-19(10)14(20)11-9-21-13(18-11)12-16-5-3-6-17-12/h3,5-6,9-10H,1-2,4,7-8,15H2/t10-/m1/s1. The maximum atomic E-state index is 12.6. The largest absolute Gasteiger partial charge is 0.333 e. The van der Waals surface area contributed by atoms with E-state index in [-0.39, 0.29) is 11.9 Å². The van der Waals surface area contributed by atoms with Crippen LogP contribution in [0.1, 0.15) is 29.8 Å². The lowest BCUT2D eigenvalue weighted by atomic mass is 10.0. The van der Waals surface area contributed by atoms with Crippen molar-refractivity contribution >= 4 is 17.2 Å². The molecule has 3 rings (SSSR count). The first-order valence-electron chi connectivity index (χ1n) is 7.03. The van der Waals surface area contributed by atoms with Gasteiger partial charge in [0.05, 0.1) is 0 Å². The van der Waals surface area contributed by atoms with Gasteiger partial charge < -0.3 is 10.6 Å². The van der Waals surface area contributed by atoms with Crippen molar-refractivity contribution in [3.63, 3.8) is 0 Å². The highest BCUT2D eigenvalue weighted by atomic mass is 32.1. The van der Waals surface area contributed by atoms with Gasteiger partial charge in [-0.1, -0.05) is 0 Å². The second-order valence-electron chi connectivity index (χ2n) is 4.99. The molecule has 7 heteroatoms. The van der Waals surface area contributed by atoms with Gasteiger partial charge in [0.2, 0.25) is 0 Å². The molecule has 0 saturated carbocycles. The van der Waals surface area contributed by atoms with Crippen LogP contribution in [0, 0.1) is 0 Å². The third-order valence-electron chi connectivity index (χ3n) is 3.64. The number of rotatable bonds is 3. The van der Waals surface area contributed by atoms with Crippen molar-refractivity contribution in [1.29, 1.82) is 0 Å². The number of carbonyl (C=O) groups excluding carboxylic acids is 1. The molecule has 1 fully saturated rings. The van der Waals surface area contributed by atoms with Crippen molar-refractivity contribution in [2.75, 3.05) is 13.1 Å². The highest BCUT2D eigenvalue weighted by Gasteiger charge is 2.28. The van der Waals surface area contributed by atoms with Gasteiger partial charge in [-0.15, -0.1) is 11.3 Å². The Balaban J connectivity index is 1.81. The Morgan fingerprint density at radius 1 is 1.38 bits per heavy atom. The normalized spacial score (nSPS) is 18.7. The first-order chi connectivity index (χ1) is 10.3. The van der Waals surface area contributed by atoms with Crippen LogP contribution >= 0.6 is 11.3 Å². The van der Waals surface area contributed by atoms with Crippen LogP contribution in [0.2, 0.25) is 0 Å². The van der Waals surface area contributed by atoms with E-state index in [4.69, 9.17) is 5.73 Å². The first kappa shape index (κ1) is 14.1. The molecule has 0 aromatic carbocycles. The fraction of sp³-hybridized carbons (Fsp3) is 0.429. The van der Waals surface area contributed by atoms with Gasteiger partial charge in [0.25, 0.3) is 5.91 Å². The average Bonchev–Trinajstić information content (AvgIpc) is 3.05. The van der Waals surface area contributed by atoms with E-state index >= 15 is 0 Å². The van der Waals surface area contributed by atoms with Gasteiger partial charge in [-0.3, -0.25) is 4.79 Å². The highest BCUT2D eigenvalue weighted by molar-refractivity contribution is 7.13. The Bertz CT molecular complexity index is 615. The minimum absolute atomic E-state index is 0.0384. The molecular formula is C14H17N5OS. The summed E-state index contributed by atoms with van der Waals surface area (Å²) >= 11 is 1.39. The van der Waals surface area contributed by atoms with Gasteiger partial charge in [-0.2, -0.15) is 0 Å². The lowest BCUT2D eigenvalue weighted by molar-refractivity contribution is 0.0618. The molecule has 0 spiro atoms. The van der Waals surface area contributed by atoms with E-state index in [2.05, 4.69) is 15.0 Å². The number of carbonyl (C=O) groups is 1. The summed E-state index contributed by atoms with van der Waals surface area (Å²) in [5.41, 5.74) is 6.24. The number of hydrogen-bond donors (Lipinski definition) is 1. The van der Waals surface area contributed by atoms with Crippen LogP contribution in [0.3, 0.4) is 0 Å². The van der Waals surface area contributed by atoms with Gasteiger partial charge in [0.15, 0.2) is 10.8 Å². The highest BCUT2D eigenvalue weighted by Crippen LogP contribution is 2.23. The molecule has 0 bridgehead atoms. The summed E-state index contributed by atoms with van der Waals surface area (Å²) in [6, 6.07) is 1.88. The number of thiazole rings is 1. The van der Waals surface area contributed by atoms with Crippen LogP contribution in [0.25, 0.3) is 10.8 Å². The summed E-state index contributed by atoms with van der Waals surface area (Å²) in [4.78, 5) is 27.1. The van der Waals surface area contributed by atoms with Crippen LogP contribution < -0.4 is 5.73 Å². The molecule has 0 aliphatic carbocycles. The molecule has 1 aliphatic heterocycles. The van der Waals surface area contributed by atoms with Gasteiger partial charge in [0.1, 0.15) is 5.69 Å². The topological polar surface area (TPSA) is 85.0 Å². The molecule has 1 atom stereocenters. The molecule has 2 aromatic rings. The number of piperidine rings is 1. The monoisotopic (exact) mass is 303 g/mol. The second kappa shape index (κ2) is 6.28. The van der Waals surface area contributed by atoms with Crippen molar-refractivity contribution in [1.82, 2.24) is 19.9 Å². The summed E-state index contributed by atoms with van der Waals surface area (Å²) in [6.45, 7) is 1.26. The number of likely N-dealkylation sites (tertiary alicyclic amines) is 1. The number of hydrogen-bond acceptors (Lipinski definition) is 6. The van der Waals surface area contributed by atoms with Crippen LogP contribution in [-0.4, -0.2) is 44.9 Å². The summed E-state index contributed by atoms with van der Waals surface area (Å²) in [5, 5.41) is 2.44. The van der Waals surface area contributed by atoms with E-state index in [1.54, 1.807) is 23.8 Å². The second-order valence-corrected chi connectivity index (χ2v) is 5.85. The van der Waals surface area contributed by atoms with Crippen molar-refractivity contribution in [3.8, 4) is 10.8 Å². The fourth-order valence-electron chi connectivity index (χ4n) is 2.54. The number of amides is 1. The molecular weight excluding hydrogens is 286 g/mol. The Labute approximate surface area is 127 Å². The first-order valence-corrected chi connectivity index (χ1v) is 7.91. The van der Waals surface area contributed by atoms with E-state index in [0.29, 0.717) is 23.1 Å². The van der Waals surface area contributed by atoms with E-state index in [1.807, 2.05) is 4.90 Å².